The molecule has 1 unspecified atom stereocenters. The van der Waals surface area contributed by atoms with Crippen LogP contribution in [0.3, 0.4) is 0 Å². The van der Waals surface area contributed by atoms with E-state index in [-0.39, 0.29) is 34.5 Å². The van der Waals surface area contributed by atoms with Crippen molar-refractivity contribution in [3.63, 3.8) is 0 Å². The second-order valence-corrected chi connectivity index (χ2v) is 7.54. The lowest BCUT2D eigenvalue weighted by molar-refractivity contribution is -0.136. The molecule has 160 valence electrons. The van der Waals surface area contributed by atoms with Crippen molar-refractivity contribution in [2.45, 2.75) is 25.6 Å². The van der Waals surface area contributed by atoms with Crippen molar-refractivity contribution in [3.05, 3.63) is 56.9 Å². The lowest BCUT2D eigenvalue weighted by Crippen LogP contribution is -2.37. The van der Waals surface area contributed by atoms with Gasteiger partial charge in [-0.3, -0.25) is 9.20 Å². The molecular formula is C18H14Cl3F3N4O2. The molecule has 1 atom stereocenters. The van der Waals surface area contributed by atoms with E-state index < -0.39 is 23.8 Å². The van der Waals surface area contributed by atoms with Gasteiger partial charge in [0.2, 0.25) is 0 Å². The van der Waals surface area contributed by atoms with Crippen molar-refractivity contribution < 1.29 is 22.7 Å². The number of carbonyl (C=O) groups excluding carboxylic acids is 1. The largest absolute Gasteiger partial charge is 0.479 e. The maximum absolute atomic E-state index is 13.2. The van der Waals surface area contributed by atoms with Gasteiger partial charge in [-0.25, -0.2) is 0 Å². The van der Waals surface area contributed by atoms with Gasteiger partial charge in [-0.15, -0.1) is 10.2 Å². The van der Waals surface area contributed by atoms with E-state index in [1.54, 1.807) is 12.1 Å². The van der Waals surface area contributed by atoms with Crippen LogP contribution in [0.5, 0.6) is 5.75 Å². The van der Waals surface area contributed by atoms with Crippen LogP contribution in [0, 0.1) is 0 Å². The first kappa shape index (κ1) is 22.5. The fourth-order valence-electron chi connectivity index (χ4n) is 2.64. The highest BCUT2D eigenvalue weighted by Crippen LogP contribution is 2.33. The summed E-state index contributed by atoms with van der Waals surface area (Å²) in [5.74, 6) is 0.0676. The Labute approximate surface area is 183 Å². The maximum Gasteiger partial charge on any atom is 0.420 e. The highest BCUT2D eigenvalue weighted by Gasteiger charge is 2.35. The zero-order valence-corrected chi connectivity index (χ0v) is 17.6. The third-order valence-corrected chi connectivity index (χ3v) is 4.80. The number of alkyl halides is 3. The second-order valence-electron chi connectivity index (χ2n) is 6.26. The van der Waals surface area contributed by atoms with Gasteiger partial charge >= 0.3 is 6.18 Å². The van der Waals surface area contributed by atoms with Crippen molar-refractivity contribution in [1.82, 2.24) is 19.9 Å². The van der Waals surface area contributed by atoms with Gasteiger partial charge < -0.3 is 10.1 Å². The van der Waals surface area contributed by atoms with Crippen LogP contribution in [0.4, 0.5) is 13.2 Å². The normalized spacial score (nSPS) is 12.8. The molecule has 0 radical (unpaired) electrons. The van der Waals surface area contributed by atoms with E-state index in [1.807, 2.05) is 0 Å². The van der Waals surface area contributed by atoms with Gasteiger partial charge in [-0.1, -0.05) is 34.8 Å². The lowest BCUT2D eigenvalue weighted by atomic mass is 10.2. The van der Waals surface area contributed by atoms with Gasteiger partial charge in [0.05, 0.1) is 10.0 Å². The molecule has 2 aromatic heterocycles. The number of nitrogens with one attached hydrogen (secondary N) is 1. The Balaban J connectivity index is 1.64. The summed E-state index contributed by atoms with van der Waals surface area (Å²) in [5, 5.41) is 10.6. The highest BCUT2D eigenvalue weighted by atomic mass is 35.5. The van der Waals surface area contributed by atoms with Gasteiger partial charge in [0, 0.05) is 24.2 Å². The fraction of sp³-hybridized carbons (Fsp3) is 0.278. The summed E-state index contributed by atoms with van der Waals surface area (Å²) in [5.41, 5.74) is -1.35. The molecule has 12 heteroatoms. The molecule has 0 saturated heterocycles. The van der Waals surface area contributed by atoms with E-state index in [9.17, 15) is 18.0 Å². The average Bonchev–Trinajstić information content (AvgIpc) is 3.05. The number of hydrogen-bond donors (Lipinski definition) is 1. The topological polar surface area (TPSA) is 68.5 Å². The van der Waals surface area contributed by atoms with Crippen LogP contribution < -0.4 is 10.1 Å². The molecule has 6 nitrogen and oxygen atoms in total. The molecule has 3 aromatic rings. The third kappa shape index (κ3) is 5.08. The molecule has 0 saturated carbocycles. The summed E-state index contributed by atoms with van der Waals surface area (Å²) in [6, 6.07) is 5.39. The number of benzene rings is 1. The SMILES string of the molecule is CC(Oc1ccc(Cl)cc1Cl)C(=O)NCCc1nnc2c(C(F)(F)F)cc(Cl)cn12. The van der Waals surface area contributed by atoms with Crippen LogP contribution in [0.15, 0.2) is 30.5 Å². The molecule has 30 heavy (non-hydrogen) atoms. The quantitative estimate of drug-likeness (QED) is 0.547. The predicted octanol–water partition coefficient (Wildman–Crippen LogP) is 4.83. The van der Waals surface area contributed by atoms with Crippen molar-refractivity contribution in [2.24, 2.45) is 0 Å². The van der Waals surface area contributed by atoms with E-state index in [2.05, 4.69) is 15.5 Å². The second kappa shape index (κ2) is 8.87. The zero-order valence-electron chi connectivity index (χ0n) is 15.3. The number of aromatic nitrogens is 3. The number of carbonyl (C=O) groups is 1. The lowest BCUT2D eigenvalue weighted by Gasteiger charge is -2.15. The Morgan fingerprint density at radius 1 is 1.20 bits per heavy atom. The van der Waals surface area contributed by atoms with Crippen LogP contribution >= 0.6 is 34.8 Å². The molecule has 2 heterocycles. The minimum absolute atomic E-state index is 0.0928. The highest BCUT2D eigenvalue weighted by molar-refractivity contribution is 6.35. The standard InChI is InChI=1S/C18H14Cl3F3N4O2/c1-9(30-14-3-2-10(19)7-13(14)21)17(29)25-5-4-15-26-27-16-12(18(22,23)24)6-11(20)8-28(15)16/h2-3,6-9H,4-5H2,1H3,(H,25,29). The summed E-state index contributed by atoms with van der Waals surface area (Å²) in [6.07, 6.45) is -4.08. The van der Waals surface area contributed by atoms with Gasteiger partial charge in [0.1, 0.15) is 17.1 Å². The number of amides is 1. The average molecular weight is 482 g/mol. The number of pyridine rings is 1. The van der Waals surface area contributed by atoms with E-state index in [0.29, 0.717) is 10.8 Å². The molecule has 1 N–H and O–H groups in total. The minimum Gasteiger partial charge on any atom is -0.479 e. The van der Waals surface area contributed by atoms with Crippen molar-refractivity contribution in [1.29, 1.82) is 0 Å². The van der Waals surface area contributed by atoms with Crippen molar-refractivity contribution >= 4 is 46.4 Å². The predicted molar refractivity (Wildman–Crippen MR) is 106 cm³/mol. The molecule has 0 aliphatic carbocycles. The first-order chi connectivity index (χ1) is 14.1. The molecule has 0 fully saturated rings. The first-order valence-electron chi connectivity index (χ1n) is 8.56. The van der Waals surface area contributed by atoms with E-state index >= 15 is 0 Å². The summed E-state index contributed by atoms with van der Waals surface area (Å²) < 4.78 is 46.1. The number of hydrogen-bond acceptors (Lipinski definition) is 4. The fourth-order valence-corrected chi connectivity index (χ4v) is 3.30. The van der Waals surface area contributed by atoms with Gasteiger partial charge in [-0.2, -0.15) is 13.2 Å². The van der Waals surface area contributed by atoms with Gasteiger partial charge in [0.15, 0.2) is 11.8 Å². The Hall–Kier alpha value is -2.23. The molecular weight excluding hydrogens is 468 g/mol. The summed E-state index contributed by atoms with van der Waals surface area (Å²) in [7, 11) is 0. The molecule has 0 aliphatic heterocycles. The summed E-state index contributed by atoms with van der Waals surface area (Å²) in [6.45, 7) is 1.62. The molecule has 3 rings (SSSR count). The van der Waals surface area contributed by atoms with Crippen LogP contribution in [-0.4, -0.2) is 33.2 Å². The first-order valence-corrected chi connectivity index (χ1v) is 9.69. The van der Waals surface area contributed by atoms with Crippen molar-refractivity contribution in [2.75, 3.05) is 6.54 Å². The molecule has 1 amide bonds. The van der Waals surface area contributed by atoms with Crippen LogP contribution in [-0.2, 0) is 17.4 Å². The zero-order chi connectivity index (χ0) is 22.1. The van der Waals surface area contributed by atoms with Gasteiger partial charge in [-0.05, 0) is 31.2 Å². The maximum atomic E-state index is 13.2. The number of halogens is 6. The van der Waals surface area contributed by atoms with E-state index in [1.165, 1.54) is 19.2 Å². The Kier molecular flexibility index (Phi) is 6.64. The van der Waals surface area contributed by atoms with Gasteiger partial charge in [0.25, 0.3) is 5.91 Å². The number of fused-ring (bicyclic) bond motifs is 1. The van der Waals surface area contributed by atoms with Crippen LogP contribution in [0.25, 0.3) is 5.65 Å². The Morgan fingerprint density at radius 2 is 1.93 bits per heavy atom. The minimum atomic E-state index is -4.62. The Morgan fingerprint density at radius 3 is 2.60 bits per heavy atom. The van der Waals surface area contributed by atoms with Crippen LogP contribution in [0.2, 0.25) is 15.1 Å². The number of nitrogens with zero attached hydrogens (tertiary/aromatic N) is 3. The molecule has 0 spiro atoms. The third-order valence-electron chi connectivity index (χ3n) is 4.06. The monoisotopic (exact) mass is 480 g/mol. The number of ether oxygens (including phenoxy) is 1. The van der Waals surface area contributed by atoms with Crippen LogP contribution in [0.1, 0.15) is 18.3 Å². The summed E-state index contributed by atoms with van der Waals surface area (Å²) in [4.78, 5) is 12.2. The van der Waals surface area contributed by atoms with E-state index in [0.717, 1.165) is 10.5 Å². The molecule has 0 bridgehead atoms. The van der Waals surface area contributed by atoms with E-state index in [4.69, 9.17) is 39.5 Å². The number of rotatable bonds is 6. The summed E-state index contributed by atoms with van der Waals surface area (Å²) >= 11 is 17.6. The Bertz CT molecular complexity index is 1090. The smallest absolute Gasteiger partial charge is 0.420 e. The molecule has 0 aliphatic rings. The molecule has 1 aromatic carbocycles. The van der Waals surface area contributed by atoms with Crippen molar-refractivity contribution in [3.8, 4) is 5.75 Å².